The molecule has 0 heterocycles. The molecule has 1 aromatic carbocycles. The van der Waals surface area contributed by atoms with Crippen molar-refractivity contribution in [3.63, 3.8) is 0 Å². The average Bonchev–Trinajstić information content (AvgIpc) is 2.52. The number of nitrogens with two attached hydrogens (primary N) is 1. The Balaban J connectivity index is 0.00000264. The summed E-state index contributed by atoms with van der Waals surface area (Å²) in [6.07, 6.45) is 5.64. The van der Waals surface area contributed by atoms with Crippen LogP contribution in [0, 0.1) is 23.0 Å². The van der Waals surface area contributed by atoms with E-state index in [2.05, 4.69) is 5.32 Å². The first kappa shape index (κ1) is 19.4. The van der Waals surface area contributed by atoms with Crippen molar-refractivity contribution in [1.82, 2.24) is 5.32 Å². The van der Waals surface area contributed by atoms with E-state index in [0.717, 1.165) is 25.7 Å². The Bertz CT molecular complexity index is 560. The first-order valence-corrected chi connectivity index (χ1v) is 7.79. The van der Waals surface area contributed by atoms with Gasteiger partial charge in [-0.3, -0.25) is 14.9 Å². The highest BCUT2D eigenvalue weighted by atomic mass is 35.5. The molecule has 1 aliphatic carbocycles. The fourth-order valence-corrected chi connectivity index (χ4v) is 3.25. The van der Waals surface area contributed by atoms with Gasteiger partial charge in [0.15, 0.2) is 0 Å². The standard InChI is InChI=1S/C16H23N3O3.ClH/c1-11-6-5-9-14(19(21)22)15(11)16(20)18-13(10-17)12-7-3-2-4-8-12;/h5-6,9,12-13H,2-4,7-8,10,17H2,1H3,(H,18,20);1H. The Morgan fingerprint density at radius 2 is 2.04 bits per heavy atom. The average molecular weight is 342 g/mol. The first-order valence-electron chi connectivity index (χ1n) is 7.79. The number of carbonyl (C=O) groups excluding carboxylic acids is 1. The van der Waals surface area contributed by atoms with Crippen LogP contribution in [0.5, 0.6) is 0 Å². The predicted octanol–water partition coefficient (Wildman–Crippen LogP) is 2.96. The van der Waals surface area contributed by atoms with Gasteiger partial charge in [-0.25, -0.2) is 0 Å². The lowest BCUT2D eigenvalue weighted by atomic mass is 9.83. The molecule has 1 unspecified atom stereocenters. The number of hydrogen-bond donors (Lipinski definition) is 2. The minimum absolute atomic E-state index is 0. The van der Waals surface area contributed by atoms with E-state index in [1.54, 1.807) is 19.1 Å². The van der Waals surface area contributed by atoms with Crippen LogP contribution in [0.2, 0.25) is 0 Å². The Kier molecular flexibility index (Phi) is 7.45. The van der Waals surface area contributed by atoms with Crippen LogP contribution in [-0.4, -0.2) is 23.4 Å². The molecule has 0 aromatic heterocycles. The quantitative estimate of drug-likeness (QED) is 0.635. The molecule has 0 spiro atoms. The van der Waals surface area contributed by atoms with Crippen molar-refractivity contribution in [3.05, 3.63) is 39.4 Å². The molecule has 0 radical (unpaired) electrons. The van der Waals surface area contributed by atoms with Crippen LogP contribution in [0.15, 0.2) is 18.2 Å². The van der Waals surface area contributed by atoms with Crippen LogP contribution >= 0.6 is 12.4 Å². The lowest BCUT2D eigenvalue weighted by Gasteiger charge is -2.30. The number of benzene rings is 1. The lowest BCUT2D eigenvalue weighted by Crippen LogP contribution is -2.46. The van der Waals surface area contributed by atoms with E-state index >= 15 is 0 Å². The number of aryl methyl sites for hydroxylation is 1. The first-order chi connectivity index (χ1) is 10.5. The van der Waals surface area contributed by atoms with Crippen molar-refractivity contribution in [1.29, 1.82) is 0 Å². The van der Waals surface area contributed by atoms with E-state index in [0.29, 0.717) is 18.0 Å². The van der Waals surface area contributed by atoms with Gasteiger partial charge in [-0.05, 0) is 31.2 Å². The fourth-order valence-electron chi connectivity index (χ4n) is 3.25. The molecule has 7 heteroatoms. The summed E-state index contributed by atoms with van der Waals surface area (Å²) < 4.78 is 0. The Morgan fingerprint density at radius 1 is 1.39 bits per heavy atom. The number of halogens is 1. The van der Waals surface area contributed by atoms with Gasteiger partial charge in [-0.15, -0.1) is 12.4 Å². The molecule has 6 nitrogen and oxygen atoms in total. The van der Waals surface area contributed by atoms with Gasteiger partial charge in [0.2, 0.25) is 0 Å². The normalized spacial score (nSPS) is 16.3. The molecule has 1 atom stereocenters. The molecule has 23 heavy (non-hydrogen) atoms. The molecule has 0 aliphatic heterocycles. The minimum Gasteiger partial charge on any atom is -0.348 e. The topological polar surface area (TPSA) is 98.3 Å². The predicted molar refractivity (Wildman–Crippen MR) is 92.0 cm³/mol. The summed E-state index contributed by atoms with van der Waals surface area (Å²) in [5, 5.41) is 14.1. The molecular weight excluding hydrogens is 318 g/mol. The van der Waals surface area contributed by atoms with E-state index in [9.17, 15) is 14.9 Å². The van der Waals surface area contributed by atoms with Gasteiger partial charge in [-0.1, -0.05) is 31.4 Å². The van der Waals surface area contributed by atoms with Crippen molar-refractivity contribution in [2.75, 3.05) is 6.54 Å². The monoisotopic (exact) mass is 341 g/mol. The number of hydrogen-bond acceptors (Lipinski definition) is 4. The third kappa shape index (κ3) is 4.65. The third-order valence-electron chi connectivity index (χ3n) is 4.46. The number of amides is 1. The second-order valence-corrected chi connectivity index (χ2v) is 5.94. The molecule has 1 aromatic rings. The van der Waals surface area contributed by atoms with Gasteiger partial charge in [-0.2, -0.15) is 0 Å². The largest absolute Gasteiger partial charge is 0.348 e. The number of carbonyl (C=O) groups is 1. The molecule has 1 saturated carbocycles. The van der Waals surface area contributed by atoms with Crippen LogP contribution < -0.4 is 11.1 Å². The molecule has 1 amide bonds. The van der Waals surface area contributed by atoms with Gasteiger partial charge in [0.05, 0.1) is 4.92 Å². The van der Waals surface area contributed by atoms with Crippen molar-refractivity contribution in [3.8, 4) is 0 Å². The zero-order valence-electron chi connectivity index (χ0n) is 13.3. The molecule has 0 saturated heterocycles. The zero-order valence-corrected chi connectivity index (χ0v) is 14.1. The summed E-state index contributed by atoms with van der Waals surface area (Å²) in [4.78, 5) is 23.2. The maximum atomic E-state index is 12.5. The van der Waals surface area contributed by atoms with Crippen LogP contribution in [-0.2, 0) is 0 Å². The van der Waals surface area contributed by atoms with Crippen LogP contribution in [0.4, 0.5) is 5.69 Å². The highest BCUT2D eigenvalue weighted by molar-refractivity contribution is 5.99. The maximum Gasteiger partial charge on any atom is 0.282 e. The Labute approximate surface area is 142 Å². The van der Waals surface area contributed by atoms with Gasteiger partial charge >= 0.3 is 0 Å². The van der Waals surface area contributed by atoms with Gasteiger partial charge < -0.3 is 11.1 Å². The number of nitro groups is 1. The van der Waals surface area contributed by atoms with Gasteiger partial charge in [0.1, 0.15) is 5.56 Å². The van der Waals surface area contributed by atoms with Crippen molar-refractivity contribution >= 4 is 24.0 Å². The number of rotatable bonds is 5. The SMILES string of the molecule is Cc1cccc([N+](=O)[O-])c1C(=O)NC(CN)C1CCCCC1.Cl. The van der Waals surface area contributed by atoms with E-state index in [1.807, 2.05) is 0 Å². The van der Waals surface area contributed by atoms with E-state index in [4.69, 9.17) is 5.73 Å². The third-order valence-corrected chi connectivity index (χ3v) is 4.46. The minimum atomic E-state index is -0.514. The molecular formula is C16H24ClN3O3. The highest BCUT2D eigenvalue weighted by Gasteiger charge is 2.28. The molecule has 128 valence electrons. The lowest BCUT2D eigenvalue weighted by molar-refractivity contribution is -0.385. The van der Waals surface area contributed by atoms with Crippen molar-refractivity contribution in [2.24, 2.45) is 11.7 Å². The van der Waals surface area contributed by atoms with Crippen LogP contribution in [0.3, 0.4) is 0 Å². The van der Waals surface area contributed by atoms with E-state index in [-0.39, 0.29) is 29.7 Å². The van der Waals surface area contributed by atoms with Gasteiger partial charge in [0.25, 0.3) is 11.6 Å². The number of nitrogens with zero attached hydrogens (tertiary/aromatic N) is 1. The zero-order chi connectivity index (χ0) is 16.1. The van der Waals surface area contributed by atoms with Crippen molar-refractivity contribution < 1.29 is 9.72 Å². The summed E-state index contributed by atoms with van der Waals surface area (Å²) in [7, 11) is 0. The van der Waals surface area contributed by atoms with Crippen LogP contribution in [0.1, 0.15) is 48.0 Å². The summed E-state index contributed by atoms with van der Waals surface area (Å²) in [5.41, 5.74) is 6.41. The second-order valence-electron chi connectivity index (χ2n) is 5.94. The highest BCUT2D eigenvalue weighted by Crippen LogP contribution is 2.27. The summed E-state index contributed by atoms with van der Waals surface area (Å²) in [6, 6.07) is 4.54. The summed E-state index contributed by atoms with van der Waals surface area (Å²) in [6.45, 7) is 2.07. The molecule has 1 aliphatic rings. The number of nitrogens with one attached hydrogen (secondary N) is 1. The molecule has 2 rings (SSSR count). The molecule has 1 fully saturated rings. The maximum absolute atomic E-state index is 12.5. The Morgan fingerprint density at radius 3 is 2.61 bits per heavy atom. The fraction of sp³-hybridized carbons (Fsp3) is 0.562. The number of nitro benzene ring substituents is 1. The van der Waals surface area contributed by atoms with Crippen molar-refractivity contribution in [2.45, 2.75) is 45.1 Å². The Hall–Kier alpha value is -1.66. The van der Waals surface area contributed by atoms with E-state index < -0.39 is 10.8 Å². The van der Waals surface area contributed by atoms with Crippen LogP contribution in [0.25, 0.3) is 0 Å². The second kappa shape index (κ2) is 8.84. The molecule has 3 N–H and O–H groups in total. The smallest absolute Gasteiger partial charge is 0.282 e. The van der Waals surface area contributed by atoms with Gasteiger partial charge in [0, 0.05) is 18.7 Å². The van der Waals surface area contributed by atoms with E-state index in [1.165, 1.54) is 12.5 Å². The summed E-state index contributed by atoms with van der Waals surface area (Å²) in [5.74, 6) is -0.0309. The molecule has 0 bridgehead atoms. The summed E-state index contributed by atoms with van der Waals surface area (Å²) >= 11 is 0.